The molecule has 2 N–H and O–H groups in total. The highest BCUT2D eigenvalue weighted by molar-refractivity contribution is 7.89. The molecule has 0 spiro atoms. The van der Waals surface area contributed by atoms with Crippen molar-refractivity contribution in [2.45, 2.75) is 38.1 Å². The monoisotopic (exact) mass is 311 g/mol. The summed E-state index contributed by atoms with van der Waals surface area (Å²) >= 11 is 0. The van der Waals surface area contributed by atoms with Crippen molar-refractivity contribution in [2.24, 2.45) is 0 Å². The highest BCUT2D eigenvalue weighted by Crippen LogP contribution is 2.25. The van der Waals surface area contributed by atoms with Crippen molar-refractivity contribution in [1.82, 2.24) is 9.21 Å². The van der Waals surface area contributed by atoms with Crippen LogP contribution >= 0.6 is 0 Å². The van der Waals surface area contributed by atoms with E-state index in [4.69, 9.17) is 5.73 Å². The fourth-order valence-corrected chi connectivity index (χ4v) is 4.33. The van der Waals surface area contributed by atoms with E-state index < -0.39 is 10.0 Å². The Kier molecular flexibility index (Phi) is 4.33. The van der Waals surface area contributed by atoms with E-state index >= 15 is 0 Å². The predicted molar refractivity (Wildman–Crippen MR) is 85.7 cm³/mol. The van der Waals surface area contributed by atoms with Crippen molar-refractivity contribution in [3.63, 3.8) is 0 Å². The first kappa shape index (κ1) is 16.3. The van der Waals surface area contributed by atoms with Gasteiger partial charge in [-0.25, -0.2) is 8.42 Å². The van der Waals surface area contributed by atoms with Crippen molar-refractivity contribution < 1.29 is 8.42 Å². The number of hydrogen-bond acceptors (Lipinski definition) is 4. The van der Waals surface area contributed by atoms with Crippen molar-refractivity contribution in [3.8, 4) is 0 Å². The third-order valence-electron chi connectivity index (χ3n) is 4.13. The highest BCUT2D eigenvalue weighted by Gasteiger charge is 2.32. The first-order valence-electron chi connectivity index (χ1n) is 7.24. The Balaban J connectivity index is 2.21. The van der Waals surface area contributed by atoms with E-state index in [1.54, 1.807) is 29.4 Å². The molecule has 6 heteroatoms. The van der Waals surface area contributed by atoms with E-state index in [0.29, 0.717) is 29.2 Å². The van der Waals surface area contributed by atoms with Gasteiger partial charge in [0.15, 0.2) is 0 Å². The number of nitrogens with two attached hydrogens (primary N) is 1. The minimum atomic E-state index is -3.46. The standard InChI is InChI=1S/C15H25N3O2S/c1-12-13(16)6-5-7-14(12)21(19,20)18-10-8-17(9-11-18)15(2,3)4/h5-7H,8-11,16H2,1-4H3. The third kappa shape index (κ3) is 3.22. The van der Waals surface area contributed by atoms with Crippen molar-refractivity contribution in [3.05, 3.63) is 23.8 Å². The highest BCUT2D eigenvalue weighted by atomic mass is 32.2. The topological polar surface area (TPSA) is 66.6 Å². The Hall–Kier alpha value is -1.11. The Bertz CT molecular complexity index is 612. The normalized spacial score (nSPS) is 18.9. The van der Waals surface area contributed by atoms with Crippen LogP contribution in [0.5, 0.6) is 0 Å². The van der Waals surface area contributed by atoms with Gasteiger partial charge in [-0.15, -0.1) is 0 Å². The lowest BCUT2D eigenvalue weighted by Gasteiger charge is -2.41. The number of nitrogens with zero attached hydrogens (tertiary/aromatic N) is 2. The van der Waals surface area contributed by atoms with Gasteiger partial charge in [-0.3, -0.25) is 4.90 Å². The van der Waals surface area contributed by atoms with Gasteiger partial charge < -0.3 is 5.73 Å². The molecule has 0 aromatic heterocycles. The van der Waals surface area contributed by atoms with Gasteiger partial charge >= 0.3 is 0 Å². The molecule has 1 aromatic rings. The molecule has 0 aliphatic carbocycles. The van der Waals surface area contributed by atoms with Crippen LogP contribution < -0.4 is 5.73 Å². The van der Waals surface area contributed by atoms with Crippen molar-refractivity contribution in [2.75, 3.05) is 31.9 Å². The molecular weight excluding hydrogens is 286 g/mol. The molecule has 2 rings (SSSR count). The van der Waals surface area contributed by atoms with E-state index in [1.165, 1.54) is 0 Å². The van der Waals surface area contributed by atoms with Crippen LogP contribution in [0, 0.1) is 6.92 Å². The Morgan fingerprint density at radius 1 is 1.10 bits per heavy atom. The first-order valence-corrected chi connectivity index (χ1v) is 8.68. The zero-order valence-electron chi connectivity index (χ0n) is 13.3. The summed E-state index contributed by atoms with van der Waals surface area (Å²) in [5.74, 6) is 0. The lowest BCUT2D eigenvalue weighted by Crippen LogP contribution is -2.54. The molecule has 1 heterocycles. The molecule has 1 aromatic carbocycles. The molecule has 0 radical (unpaired) electrons. The number of rotatable bonds is 2. The molecule has 0 bridgehead atoms. The van der Waals surface area contributed by atoms with Crippen LogP contribution in [-0.2, 0) is 10.0 Å². The average molecular weight is 311 g/mol. The molecule has 1 fully saturated rings. The number of anilines is 1. The van der Waals surface area contributed by atoms with E-state index in [-0.39, 0.29) is 5.54 Å². The van der Waals surface area contributed by atoms with Crippen LogP contribution in [0.2, 0.25) is 0 Å². The zero-order valence-corrected chi connectivity index (χ0v) is 14.1. The van der Waals surface area contributed by atoms with Crippen molar-refractivity contribution in [1.29, 1.82) is 0 Å². The molecule has 5 nitrogen and oxygen atoms in total. The summed E-state index contributed by atoms with van der Waals surface area (Å²) in [6, 6.07) is 5.06. The van der Waals surface area contributed by atoms with Gasteiger partial charge in [0, 0.05) is 37.4 Å². The summed E-state index contributed by atoms with van der Waals surface area (Å²) in [5.41, 5.74) is 7.06. The Labute approximate surface area is 127 Å². The summed E-state index contributed by atoms with van der Waals surface area (Å²) in [5, 5.41) is 0. The molecule has 1 saturated heterocycles. The molecule has 0 unspecified atom stereocenters. The maximum Gasteiger partial charge on any atom is 0.243 e. The summed E-state index contributed by atoms with van der Waals surface area (Å²) in [7, 11) is -3.46. The molecule has 118 valence electrons. The van der Waals surface area contributed by atoms with Crippen LogP contribution in [-0.4, -0.2) is 49.3 Å². The van der Waals surface area contributed by atoms with E-state index in [2.05, 4.69) is 25.7 Å². The predicted octanol–water partition coefficient (Wildman–Crippen LogP) is 1.68. The van der Waals surface area contributed by atoms with Gasteiger partial charge in [-0.2, -0.15) is 4.31 Å². The fourth-order valence-electron chi connectivity index (χ4n) is 2.65. The van der Waals surface area contributed by atoms with Crippen molar-refractivity contribution >= 4 is 15.7 Å². The van der Waals surface area contributed by atoms with E-state index in [9.17, 15) is 8.42 Å². The third-order valence-corrected chi connectivity index (χ3v) is 6.17. The maximum absolute atomic E-state index is 12.8. The molecule has 21 heavy (non-hydrogen) atoms. The zero-order chi connectivity index (χ0) is 15.8. The van der Waals surface area contributed by atoms with Crippen LogP contribution in [0.3, 0.4) is 0 Å². The lowest BCUT2D eigenvalue weighted by atomic mass is 10.1. The summed E-state index contributed by atoms with van der Waals surface area (Å²) in [6.45, 7) is 10.8. The van der Waals surface area contributed by atoms with E-state index in [1.807, 2.05) is 0 Å². The maximum atomic E-state index is 12.8. The van der Waals surface area contributed by atoms with Gasteiger partial charge in [0.2, 0.25) is 10.0 Å². The summed E-state index contributed by atoms with van der Waals surface area (Å²) in [6.07, 6.45) is 0. The summed E-state index contributed by atoms with van der Waals surface area (Å²) < 4.78 is 27.1. The van der Waals surface area contributed by atoms with Crippen LogP contribution in [0.4, 0.5) is 5.69 Å². The second kappa shape index (κ2) is 5.59. The van der Waals surface area contributed by atoms with Crippen LogP contribution in [0.25, 0.3) is 0 Å². The van der Waals surface area contributed by atoms with Gasteiger partial charge in [-0.1, -0.05) is 6.07 Å². The van der Waals surface area contributed by atoms with Gasteiger partial charge in [-0.05, 0) is 45.4 Å². The smallest absolute Gasteiger partial charge is 0.243 e. The molecule has 1 aliphatic rings. The SMILES string of the molecule is Cc1c(N)cccc1S(=O)(=O)N1CCN(C(C)(C)C)CC1. The quantitative estimate of drug-likeness (QED) is 0.844. The van der Waals surface area contributed by atoms with Crippen LogP contribution in [0.15, 0.2) is 23.1 Å². The second-order valence-corrected chi connectivity index (χ2v) is 8.44. The Morgan fingerprint density at radius 3 is 2.19 bits per heavy atom. The lowest BCUT2D eigenvalue weighted by molar-refractivity contribution is 0.0922. The van der Waals surface area contributed by atoms with Crippen LogP contribution in [0.1, 0.15) is 26.3 Å². The molecule has 0 atom stereocenters. The van der Waals surface area contributed by atoms with Gasteiger partial charge in [0.1, 0.15) is 0 Å². The minimum absolute atomic E-state index is 0.0724. The van der Waals surface area contributed by atoms with Gasteiger partial charge in [0.05, 0.1) is 4.90 Å². The number of nitrogen functional groups attached to an aromatic ring is 1. The Morgan fingerprint density at radius 2 is 1.67 bits per heavy atom. The molecule has 0 saturated carbocycles. The van der Waals surface area contributed by atoms with E-state index in [0.717, 1.165) is 13.1 Å². The molecular formula is C15H25N3O2S. The number of piperazine rings is 1. The first-order chi connectivity index (χ1) is 9.64. The molecule has 0 amide bonds. The molecule has 1 aliphatic heterocycles. The largest absolute Gasteiger partial charge is 0.398 e. The van der Waals surface area contributed by atoms with Gasteiger partial charge in [0.25, 0.3) is 0 Å². The summed E-state index contributed by atoms with van der Waals surface area (Å²) in [4.78, 5) is 2.64. The fraction of sp³-hybridized carbons (Fsp3) is 0.600. The second-order valence-electron chi connectivity index (χ2n) is 6.53. The number of benzene rings is 1. The number of hydrogen-bond donors (Lipinski definition) is 1. The average Bonchev–Trinajstić information content (AvgIpc) is 2.41. The minimum Gasteiger partial charge on any atom is -0.398 e. The number of sulfonamides is 1.